The smallest absolute Gasteiger partial charge is 0.334 e. The summed E-state index contributed by atoms with van der Waals surface area (Å²) in [5.74, 6) is -0.333. The van der Waals surface area contributed by atoms with E-state index in [-0.39, 0.29) is 5.97 Å². The molecule has 2 unspecified atom stereocenters. The number of esters is 1. The van der Waals surface area contributed by atoms with E-state index in [1.54, 1.807) is 13.8 Å². The third-order valence-corrected chi connectivity index (χ3v) is 2.26. The first-order chi connectivity index (χ1) is 6.49. The third kappa shape index (κ3) is 4.07. The minimum atomic E-state index is -0.552. The Balaban J connectivity index is 4.15. The van der Waals surface area contributed by atoms with Gasteiger partial charge in [-0.2, -0.15) is 0 Å². The maximum atomic E-state index is 11.3. The summed E-state index contributed by atoms with van der Waals surface area (Å²) in [4.78, 5) is 11.3. The molecule has 0 fully saturated rings. The van der Waals surface area contributed by atoms with Crippen molar-refractivity contribution >= 4 is 5.97 Å². The second kappa shape index (κ2) is 5.98. The van der Waals surface area contributed by atoms with Gasteiger partial charge in [-0.05, 0) is 27.2 Å². The van der Waals surface area contributed by atoms with Crippen LogP contribution in [0, 0.1) is 0 Å². The first-order valence-electron chi connectivity index (χ1n) is 5.03. The first kappa shape index (κ1) is 13.4. The average molecular weight is 203 g/mol. The van der Waals surface area contributed by atoms with Crippen LogP contribution in [0.3, 0.4) is 0 Å². The molecule has 14 heavy (non-hydrogen) atoms. The summed E-state index contributed by atoms with van der Waals surface area (Å²) in [6.45, 7) is 8.09. The maximum Gasteiger partial charge on any atom is 0.334 e. The molecule has 0 rings (SSSR count). The minimum absolute atomic E-state index is 0.333. The quantitative estimate of drug-likeness (QED) is 0.656. The van der Waals surface area contributed by atoms with Crippen molar-refractivity contribution in [3.05, 3.63) is 0 Å². The highest BCUT2D eigenvalue weighted by atomic mass is 16.6. The Morgan fingerprint density at radius 2 is 2.07 bits per heavy atom. The highest BCUT2D eigenvalue weighted by Gasteiger charge is 2.27. The van der Waals surface area contributed by atoms with Crippen LogP contribution in [0.1, 0.15) is 34.1 Å². The second-order valence-corrected chi connectivity index (χ2v) is 3.52. The Bertz CT molecular complexity index is 178. The van der Waals surface area contributed by atoms with E-state index in [2.05, 4.69) is 0 Å². The fourth-order valence-electron chi connectivity index (χ4n) is 1.01. The van der Waals surface area contributed by atoms with Gasteiger partial charge in [-0.15, -0.1) is 0 Å². The molecule has 0 saturated heterocycles. The number of nitrogens with two attached hydrogens (primary N) is 1. The van der Waals surface area contributed by atoms with Gasteiger partial charge in [-0.1, -0.05) is 6.92 Å². The molecule has 4 nitrogen and oxygen atoms in total. The zero-order valence-electron chi connectivity index (χ0n) is 9.50. The lowest BCUT2D eigenvalue weighted by atomic mass is 10.0. The van der Waals surface area contributed by atoms with E-state index in [1.165, 1.54) is 0 Å². The second-order valence-electron chi connectivity index (χ2n) is 3.52. The predicted octanol–water partition coefficient (Wildman–Crippen LogP) is 1.08. The van der Waals surface area contributed by atoms with Gasteiger partial charge in [0.05, 0.1) is 12.2 Å². The van der Waals surface area contributed by atoms with Crippen LogP contribution >= 0.6 is 0 Å². The molecule has 0 aliphatic carbocycles. The Morgan fingerprint density at radius 1 is 1.50 bits per heavy atom. The average Bonchev–Trinajstić information content (AvgIpc) is 2.18. The molecule has 0 spiro atoms. The van der Waals surface area contributed by atoms with Gasteiger partial charge in [0, 0.05) is 6.54 Å². The Kier molecular flexibility index (Phi) is 5.72. The zero-order valence-corrected chi connectivity index (χ0v) is 9.50. The van der Waals surface area contributed by atoms with E-state index in [9.17, 15) is 4.79 Å². The molecule has 0 saturated carbocycles. The summed E-state index contributed by atoms with van der Waals surface area (Å²) in [5, 5.41) is 0. The lowest BCUT2D eigenvalue weighted by Gasteiger charge is -2.29. The standard InChI is InChI=1S/C10H21NO3/c1-5-10(4,7-11)14-8(3)9(12)13-6-2/h8H,5-7,11H2,1-4H3. The number of carbonyl (C=O) groups is 1. The van der Waals surface area contributed by atoms with Crippen LogP contribution in [0.5, 0.6) is 0 Å². The van der Waals surface area contributed by atoms with Crippen molar-refractivity contribution in [2.75, 3.05) is 13.2 Å². The van der Waals surface area contributed by atoms with E-state index in [0.717, 1.165) is 6.42 Å². The zero-order chi connectivity index (χ0) is 11.2. The number of carbonyl (C=O) groups excluding carboxylic acids is 1. The molecule has 4 heteroatoms. The van der Waals surface area contributed by atoms with Gasteiger partial charge in [0.15, 0.2) is 6.10 Å². The summed E-state index contributed by atoms with van der Waals surface area (Å²) in [6, 6.07) is 0. The molecule has 2 N–H and O–H groups in total. The molecule has 2 atom stereocenters. The predicted molar refractivity (Wildman–Crippen MR) is 54.9 cm³/mol. The fourth-order valence-corrected chi connectivity index (χ4v) is 1.01. The molecule has 0 amide bonds. The molecule has 0 heterocycles. The molecule has 84 valence electrons. The molecular formula is C10H21NO3. The van der Waals surface area contributed by atoms with Gasteiger partial charge in [-0.3, -0.25) is 0 Å². The lowest BCUT2D eigenvalue weighted by Crippen LogP contribution is -2.42. The van der Waals surface area contributed by atoms with Crippen molar-refractivity contribution in [2.45, 2.75) is 45.8 Å². The van der Waals surface area contributed by atoms with Gasteiger partial charge in [0.1, 0.15) is 0 Å². The van der Waals surface area contributed by atoms with Crippen LogP contribution in [-0.2, 0) is 14.3 Å². The number of hydrogen-bond donors (Lipinski definition) is 1. The van der Waals surface area contributed by atoms with E-state index in [4.69, 9.17) is 15.2 Å². The van der Waals surface area contributed by atoms with Gasteiger partial charge < -0.3 is 15.2 Å². The molecule has 0 aromatic heterocycles. The van der Waals surface area contributed by atoms with Crippen molar-refractivity contribution < 1.29 is 14.3 Å². The monoisotopic (exact) mass is 203 g/mol. The van der Waals surface area contributed by atoms with Crippen LogP contribution in [-0.4, -0.2) is 30.8 Å². The fraction of sp³-hybridized carbons (Fsp3) is 0.900. The van der Waals surface area contributed by atoms with Gasteiger partial charge in [-0.25, -0.2) is 4.79 Å². The highest BCUT2D eigenvalue weighted by Crippen LogP contribution is 2.16. The van der Waals surface area contributed by atoms with Crippen molar-refractivity contribution in [1.29, 1.82) is 0 Å². The maximum absolute atomic E-state index is 11.3. The SMILES string of the molecule is CCOC(=O)C(C)OC(C)(CC)CN. The summed E-state index contributed by atoms with van der Waals surface area (Å²) in [7, 11) is 0. The summed E-state index contributed by atoms with van der Waals surface area (Å²) in [5.41, 5.74) is 5.12. The van der Waals surface area contributed by atoms with Gasteiger partial charge in [0.2, 0.25) is 0 Å². The Labute approximate surface area is 85.8 Å². The summed E-state index contributed by atoms with van der Waals surface area (Å²) >= 11 is 0. The van der Waals surface area contributed by atoms with Gasteiger partial charge in [0.25, 0.3) is 0 Å². The van der Waals surface area contributed by atoms with Gasteiger partial charge >= 0.3 is 5.97 Å². The first-order valence-corrected chi connectivity index (χ1v) is 5.03. The Hall–Kier alpha value is -0.610. The molecule has 0 bridgehead atoms. The third-order valence-electron chi connectivity index (χ3n) is 2.26. The van der Waals surface area contributed by atoms with Crippen molar-refractivity contribution in [1.82, 2.24) is 0 Å². The molecule has 0 radical (unpaired) electrons. The molecule has 0 aliphatic heterocycles. The lowest BCUT2D eigenvalue weighted by molar-refractivity contribution is -0.166. The van der Waals surface area contributed by atoms with E-state index < -0.39 is 11.7 Å². The summed E-state index contributed by atoms with van der Waals surface area (Å²) in [6.07, 6.45) is 0.219. The van der Waals surface area contributed by atoms with Crippen LogP contribution in [0.4, 0.5) is 0 Å². The number of rotatable bonds is 6. The molecule has 0 aromatic rings. The van der Waals surface area contributed by atoms with Crippen LogP contribution in [0.2, 0.25) is 0 Å². The van der Waals surface area contributed by atoms with Crippen LogP contribution in [0.15, 0.2) is 0 Å². The highest BCUT2D eigenvalue weighted by molar-refractivity contribution is 5.74. The topological polar surface area (TPSA) is 61.5 Å². The molecular weight excluding hydrogens is 182 g/mol. The van der Waals surface area contributed by atoms with Crippen LogP contribution in [0.25, 0.3) is 0 Å². The van der Waals surface area contributed by atoms with Crippen molar-refractivity contribution in [3.63, 3.8) is 0 Å². The number of hydrogen-bond acceptors (Lipinski definition) is 4. The van der Waals surface area contributed by atoms with Crippen LogP contribution < -0.4 is 5.73 Å². The van der Waals surface area contributed by atoms with Crippen molar-refractivity contribution in [3.8, 4) is 0 Å². The number of ether oxygens (including phenoxy) is 2. The molecule has 0 aromatic carbocycles. The normalized spacial score (nSPS) is 17.2. The van der Waals surface area contributed by atoms with Crippen molar-refractivity contribution in [2.24, 2.45) is 5.73 Å². The minimum Gasteiger partial charge on any atom is -0.464 e. The van der Waals surface area contributed by atoms with E-state index in [0.29, 0.717) is 13.2 Å². The largest absolute Gasteiger partial charge is 0.464 e. The van der Waals surface area contributed by atoms with E-state index in [1.807, 2.05) is 13.8 Å². The van der Waals surface area contributed by atoms with E-state index >= 15 is 0 Å². The molecule has 0 aliphatic rings. The Morgan fingerprint density at radius 3 is 2.43 bits per heavy atom. The summed E-state index contributed by atoms with van der Waals surface area (Å²) < 4.78 is 10.4.